The number of carbonyl (C=O) groups is 1. The highest BCUT2D eigenvalue weighted by molar-refractivity contribution is 7.13. The summed E-state index contributed by atoms with van der Waals surface area (Å²) in [5.41, 5.74) is 0.923. The van der Waals surface area contributed by atoms with E-state index in [1.54, 1.807) is 12.1 Å². The second kappa shape index (κ2) is 5.69. The molecule has 18 heavy (non-hydrogen) atoms. The zero-order valence-electron chi connectivity index (χ0n) is 9.44. The van der Waals surface area contributed by atoms with Crippen LogP contribution in [-0.4, -0.2) is 18.1 Å². The molecule has 0 amide bonds. The first kappa shape index (κ1) is 13.3. The molecule has 0 bridgehead atoms. The number of ether oxygens (including phenoxy) is 1. The largest absolute Gasteiger partial charge is 0.465 e. The van der Waals surface area contributed by atoms with E-state index in [4.69, 9.17) is 23.2 Å². The molecular formula is C12H9Cl2NO2S. The number of benzene rings is 1. The van der Waals surface area contributed by atoms with Crippen molar-refractivity contribution in [3.05, 3.63) is 49.9 Å². The standard InChI is InChI=1S/C12H9Cl2NO2S/c1-17-12(16)10-6-15-11(18-10)4-7-2-3-8(13)5-9(7)14/h2-3,5-6H,4H2,1H3. The number of methoxy groups -OCH3 is 1. The molecule has 0 N–H and O–H groups in total. The van der Waals surface area contributed by atoms with Gasteiger partial charge < -0.3 is 4.74 Å². The lowest BCUT2D eigenvalue weighted by Gasteiger charge is -2.01. The average Bonchev–Trinajstić information content (AvgIpc) is 2.80. The lowest BCUT2D eigenvalue weighted by atomic mass is 10.1. The Balaban J connectivity index is 2.18. The van der Waals surface area contributed by atoms with Gasteiger partial charge in [-0.2, -0.15) is 0 Å². The Morgan fingerprint density at radius 3 is 2.89 bits per heavy atom. The topological polar surface area (TPSA) is 39.2 Å². The molecule has 0 saturated carbocycles. The van der Waals surface area contributed by atoms with Gasteiger partial charge in [-0.05, 0) is 17.7 Å². The zero-order chi connectivity index (χ0) is 13.1. The minimum atomic E-state index is -0.374. The molecule has 0 aliphatic carbocycles. The van der Waals surface area contributed by atoms with E-state index in [9.17, 15) is 4.79 Å². The van der Waals surface area contributed by atoms with Crippen LogP contribution < -0.4 is 0 Å². The van der Waals surface area contributed by atoms with Crippen molar-refractivity contribution >= 4 is 40.5 Å². The lowest BCUT2D eigenvalue weighted by Crippen LogP contribution is -1.96. The molecule has 0 aliphatic rings. The molecule has 1 aromatic heterocycles. The highest BCUT2D eigenvalue weighted by Gasteiger charge is 2.11. The summed E-state index contributed by atoms with van der Waals surface area (Å²) in [7, 11) is 1.35. The van der Waals surface area contributed by atoms with Crippen molar-refractivity contribution in [1.82, 2.24) is 4.98 Å². The number of aromatic nitrogens is 1. The molecule has 3 nitrogen and oxygen atoms in total. The highest BCUT2D eigenvalue weighted by atomic mass is 35.5. The van der Waals surface area contributed by atoms with Gasteiger partial charge in [-0.15, -0.1) is 11.3 Å². The van der Waals surface area contributed by atoms with Crippen LogP contribution in [0.4, 0.5) is 0 Å². The quantitative estimate of drug-likeness (QED) is 0.809. The Labute approximate surface area is 118 Å². The van der Waals surface area contributed by atoms with Crippen LogP contribution in [-0.2, 0) is 11.2 Å². The Morgan fingerprint density at radius 1 is 1.44 bits per heavy atom. The smallest absolute Gasteiger partial charge is 0.349 e. The van der Waals surface area contributed by atoms with Crippen molar-refractivity contribution < 1.29 is 9.53 Å². The van der Waals surface area contributed by atoms with Gasteiger partial charge in [0.15, 0.2) is 0 Å². The predicted octanol–water partition coefficient (Wildman–Crippen LogP) is 3.83. The third kappa shape index (κ3) is 3.02. The molecule has 0 aliphatic heterocycles. The van der Waals surface area contributed by atoms with Crippen LogP contribution in [0.5, 0.6) is 0 Å². The molecule has 2 aromatic rings. The monoisotopic (exact) mass is 301 g/mol. The van der Waals surface area contributed by atoms with Crippen LogP contribution in [0.25, 0.3) is 0 Å². The summed E-state index contributed by atoms with van der Waals surface area (Å²) in [6, 6.07) is 5.31. The predicted molar refractivity (Wildman–Crippen MR) is 72.7 cm³/mol. The Bertz CT molecular complexity index is 583. The van der Waals surface area contributed by atoms with E-state index in [0.717, 1.165) is 10.6 Å². The fourth-order valence-corrected chi connectivity index (χ4v) is 2.75. The zero-order valence-corrected chi connectivity index (χ0v) is 11.8. The molecule has 94 valence electrons. The fraction of sp³-hybridized carbons (Fsp3) is 0.167. The Hall–Kier alpha value is -1.10. The fourth-order valence-electron chi connectivity index (χ4n) is 1.41. The maximum absolute atomic E-state index is 11.3. The van der Waals surface area contributed by atoms with Crippen molar-refractivity contribution in [2.45, 2.75) is 6.42 Å². The molecule has 0 atom stereocenters. The van der Waals surface area contributed by atoms with Gasteiger partial charge in [0.2, 0.25) is 0 Å². The van der Waals surface area contributed by atoms with E-state index >= 15 is 0 Å². The second-order valence-corrected chi connectivity index (χ2v) is 5.48. The molecular weight excluding hydrogens is 293 g/mol. The molecule has 0 saturated heterocycles. The SMILES string of the molecule is COC(=O)c1cnc(Cc2ccc(Cl)cc2Cl)s1. The van der Waals surface area contributed by atoms with E-state index < -0.39 is 0 Å². The van der Waals surface area contributed by atoms with Gasteiger partial charge in [-0.25, -0.2) is 9.78 Å². The number of thiazole rings is 1. The van der Waals surface area contributed by atoms with Gasteiger partial charge >= 0.3 is 5.97 Å². The van der Waals surface area contributed by atoms with E-state index in [-0.39, 0.29) is 5.97 Å². The van der Waals surface area contributed by atoms with Gasteiger partial charge in [0.1, 0.15) is 4.88 Å². The number of carbonyl (C=O) groups excluding carboxylic acids is 1. The first-order valence-corrected chi connectivity index (χ1v) is 6.64. The molecule has 0 spiro atoms. The summed E-state index contributed by atoms with van der Waals surface area (Å²) < 4.78 is 4.63. The van der Waals surface area contributed by atoms with Crippen molar-refractivity contribution in [3.8, 4) is 0 Å². The summed E-state index contributed by atoms with van der Waals surface area (Å²) in [5, 5.41) is 2.00. The van der Waals surface area contributed by atoms with Crippen LogP contribution in [0.15, 0.2) is 24.4 Å². The third-order valence-corrected chi connectivity index (χ3v) is 3.86. The molecule has 2 rings (SSSR count). The number of hydrogen-bond donors (Lipinski definition) is 0. The summed E-state index contributed by atoms with van der Waals surface area (Å²) in [6.07, 6.45) is 2.08. The van der Waals surface area contributed by atoms with E-state index in [2.05, 4.69) is 9.72 Å². The van der Waals surface area contributed by atoms with Gasteiger partial charge in [0.25, 0.3) is 0 Å². The third-order valence-electron chi connectivity index (χ3n) is 2.30. The van der Waals surface area contributed by atoms with Crippen LogP contribution in [0.1, 0.15) is 20.2 Å². The molecule has 1 heterocycles. The van der Waals surface area contributed by atoms with Gasteiger partial charge in [-0.3, -0.25) is 0 Å². The second-order valence-electron chi connectivity index (χ2n) is 3.52. The minimum absolute atomic E-state index is 0.374. The number of nitrogens with zero attached hydrogens (tertiary/aromatic N) is 1. The van der Waals surface area contributed by atoms with Crippen molar-refractivity contribution in [2.75, 3.05) is 7.11 Å². The average molecular weight is 302 g/mol. The molecule has 0 unspecified atom stereocenters. The Kier molecular flexibility index (Phi) is 4.22. The maximum Gasteiger partial charge on any atom is 0.349 e. The van der Waals surface area contributed by atoms with Crippen LogP contribution in [0.2, 0.25) is 10.0 Å². The normalized spacial score (nSPS) is 10.4. The number of rotatable bonds is 3. The molecule has 0 radical (unpaired) electrons. The number of hydrogen-bond acceptors (Lipinski definition) is 4. The number of halogens is 2. The van der Waals surface area contributed by atoms with Gasteiger partial charge in [0, 0.05) is 16.5 Å². The van der Waals surface area contributed by atoms with E-state index in [0.29, 0.717) is 21.3 Å². The first-order valence-electron chi connectivity index (χ1n) is 5.07. The van der Waals surface area contributed by atoms with Gasteiger partial charge in [-0.1, -0.05) is 29.3 Å². The van der Waals surface area contributed by atoms with Crippen molar-refractivity contribution in [1.29, 1.82) is 0 Å². The lowest BCUT2D eigenvalue weighted by molar-refractivity contribution is 0.0606. The summed E-state index contributed by atoms with van der Waals surface area (Å²) in [6.45, 7) is 0. The van der Waals surface area contributed by atoms with Crippen molar-refractivity contribution in [3.63, 3.8) is 0 Å². The molecule has 6 heteroatoms. The minimum Gasteiger partial charge on any atom is -0.465 e. The highest BCUT2D eigenvalue weighted by Crippen LogP contribution is 2.25. The Morgan fingerprint density at radius 2 is 2.22 bits per heavy atom. The molecule has 1 aromatic carbocycles. The van der Waals surface area contributed by atoms with Gasteiger partial charge in [0.05, 0.1) is 18.3 Å². The van der Waals surface area contributed by atoms with Crippen LogP contribution in [0.3, 0.4) is 0 Å². The van der Waals surface area contributed by atoms with Crippen LogP contribution in [0, 0.1) is 0 Å². The molecule has 0 fully saturated rings. The van der Waals surface area contributed by atoms with Crippen molar-refractivity contribution in [2.24, 2.45) is 0 Å². The maximum atomic E-state index is 11.3. The number of esters is 1. The first-order chi connectivity index (χ1) is 8.60. The van der Waals surface area contributed by atoms with Crippen LogP contribution >= 0.6 is 34.5 Å². The summed E-state index contributed by atoms with van der Waals surface area (Å²) in [5.74, 6) is -0.374. The van der Waals surface area contributed by atoms with E-state index in [1.165, 1.54) is 24.6 Å². The summed E-state index contributed by atoms with van der Waals surface area (Å²) in [4.78, 5) is 15.9. The van der Waals surface area contributed by atoms with E-state index in [1.807, 2.05) is 6.07 Å². The summed E-state index contributed by atoms with van der Waals surface area (Å²) >= 11 is 13.2.